The van der Waals surface area contributed by atoms with Crippen LogP contribution in [-0.2, 0) is 4.79 Å². The third-order valence-corrected chi connectivity index (χ3v) is 2.89. The van der Waals surface area contributed by atoms with Crippen molar-refractivity contribution in [2.75, 3.05) is 26.2 Å². The molecule has 1 rings (SSSR count). The van der Waals surface area contributed by atoms with Gasteiger partial charge < -0.3 is 15.1 Å². The Hall–Kier alpha value is -0.610. The van der Waals surface area contributed by atoms with Crippen molar-refractivity contribution >= 4 is 5.97 Å². The number of nitrogens with zero attached hydrogens (tertiary/aromatic N) is 1. The number of aliphatic hydroxyl groups is 1. The molecule has 4 nitrogen and oxygen atoms in total. The van der Waals surface area contributed by atoms with Crippen molar-refractivity contribution in [3.63, 3.8) is 0 Å². The van der Waals surface area contributed by atoms with Crippen molar-refractivity contribution in [2.45, 2.75) is 19.8 Å². The molecular weight excluding hydrogens is 170 g/mol. The smallest absolute Gasteiger partial charge is 0.309 e. The molecule has 76 valence electrons. The lowest BCUT2D eigenvalue weighted by atomic mass is 9.80. The maximum atomic E-state index is 10.9. The highest BCUT2D eigenvalue weighted by molar-refractivity contribution is 5.74. The molecule has 2 N–H and O–H groups in total. The van der Waals surface area contributed by atoms with Gasteiger partial charge >= 0.3 is 5.97 Å². The van der Waals surface area contributed by atoms with Crippen LogP contribution in [0.15, 0.2) is 0 Å². The van der Waals surface area contributed by atoms with Gasteiger partial charge in [0.05, 0.1) is 12.0 Å². The van der Waals surface area contributed by atoms with E-state index in [0.717, 1.165) is 13.1 Å². The Kier molecular flexibility index (Phi) is 3.27. The molecule has 0 atom stereocenters. The first-order valence-electron chi connectivity index (χ1n) is 4.65. The SMILES string of the molecule is CC1(C(=O)O)CCN(CCO)CC1. The topological polar surface area (TPSA) is 60.8 Å². The number of carbonyl (C=O) groups is 1. The van der Waals surface area contributed by atoms with Crippen molar-refractivity contribution in [1.82, 2.24) is 4.90 Å². The van der Waals surface area contributed by atoms with Crippen LogP contribution in [-0.4, -0.2) is 47.3 Å². The monoisotopic (exact) mass is 187 g/mol. The normalized spacial score (nSPS) is 22.9. The zero-order valence-electron chi connectivity index (χ0n) is 7.99. The highest BCUT2D eigenvalue weighted by Gasteiger charge is 2.36. The molecular formula is C9H17NO3. The zero-order valence-corrected chi connectivity index (χ0v) is 7.99. The van der Waals surface area contributed by atoms with E-state index < -0.39 is 11.4 Å². The number of piperidine rings is 1. The van der Waals surface area contributed by atoms with E-state index in [1.165, 1.54) is 0 Å². The average Bonchev–Trinajstić information content (AvgIpc) is 2.09. The van der Waals surface area contributed by atoms with E-state index in [0.29, 0.717) is 19.4 Å². The second kappa shape index (κ2) is 4.07. The summed E-state index contributed by atoms with van der Waals surface area (Å²) >= 11 is 0. The average molecular weight is 187 g/mol. The molecule has 0 saturated carbocycles. The third-order valence-electron chi connectivity index (χ3n) is 2.89. The van der Waals surface area contributed by atoms with Crippen LogP contribution >= 0.6 is 0 Å². The minimum Gasteiger partial charge on any atom is -0.481 e. The maximum absolute atomic E-state index is 10.9. The number of carboxylic acid groups (broad SMARTS) is 1. The fourth-order valence-electron chi connectivity index (χ4n) is 1.63. The zero-order chi connectivity index (χ0) is 9.90. The first-order chi connectivity index (χ1) is 6.08. The van der Waals surface area contributed by atoms with Gasteiger partial charge in [-0.2, -0.15) is 0 Å². The van der Waals surface area contributed by atoms with E-state index in [9.17, 15) is 4.79 Å². The minimum atomic E-state index is -0.698. The Morgan fingerprint density at radius 1 is 1.46 bits per heavy atom. The third kappa shape index (κ3) is 2.42. The first-order valence-corrected chi connectivity index (χ1v) is 4.65. The number of β-amino-alcohol motifs (C(OH)–C–C–N with tert-alkyl or cyclic N) is 1. The Balaban J connectivity index is 2.42. The lowest BCUT2D eigenvalue weighted by Gasteiger charge is -2.36. The van der Waals surface area contributed by atoms with E-state index in [2.05, 4.69) is 4.90 Å². The molecule has 13 heavy (non-hydrogen) atoms. The van der Waals surface area contributed by atoms with E-state index in [4.69, 9.17) is 10.2 Å². The number of hydrogen-bond donors (Lipinski definition) is 2. The fourth-order valence-corrected chi connectivity index (χ4v) is 1.63. The summed E-state index contributed by atoms with van der Waals surface area (Å²) in [6.45, 7) is 4.18. The molecule has 1 heterocycles. The van der Waals surface area contributed by atoms with Gasteiger partial charge in [-0.1, -0.05) is 0 Å². The number of hydrogen-bond acceptors (Lipinski definition) is 3. The number of aliphatic hydroxyl groups excluding tert-OH is 1. The molecule has 0 aromatic heterocycles. The Labute approximate surface area is 78.2 Å². The molecule has 0 spiro atoms. The summed E-state index contributed by atoms with van der Waals surface area (Å²) in [5.74, 6) is -0.698. The second-order valence-corrected chi connectivity index (χ2v) is 3.93. The summed E-state index contributed by atoms with van der Waals surface area (Å²) in [4.78, 5) is 13.0. The molecule has 0 aliphatic carbocycles. The summed E-state index contributed by atoms with van der Waals surface area (Å²) in [6.07, 6.45) is 1.37. The van der Waals surface area contributed by atoms with Crippen molar-refractivity contribution in [2.24, 2.45) is 5.41 Å². The number of carboxylic acids is 1. The number of rotatable bonds is 3. The predicted octanol–water partition coefficient (Wildman–Crippen LogP) is 0.165. The number of aliphatic carboxylic acids is 1. The van der Waals surface area contributed by atoms with E-state index in [1.54, 1.807) is 6.92 Å². The second-order valence-electron chi connectivity index (χ2n) is 3.93. The lowest BCUT2D eigenvalue weighted by molar-refractivity contribution is -0.150. The molecule has 1 aliphatic rings. The van der Waals surface area contributed by atoms with Gasteiger partial charge in [-0.3, -0.25) is 4.79 Å². The molecule has 4 heteroatoms. The molecule has 1 saturated heterocycles. The molecule has 1 aliphatic heterocycles. The van der Waals surface area contributed by atoms with Gasteiger partial charge in [-0.25, -0.2) is 0 Å². The van der Waals surface area contributed by atoms with Crippen LogP contribution in [0, 0.1) is 5.41 Å². The van der Waals surface area contributed by atoms with Crippen LogP contribution in [0.25, 0.3) is 0 Å². The fraction of sp³-hybridized carbons (Fsp3) is 0.889. The molecule has 0 bridgehead atoms. The van der Waals surface area contributed by atoms with Gasteiger partial charge in [-0.15, -0.1) is 0 Å². The molecule has 0 aromatic carbocycles. The highest BCUT2D eigenvalue weighted by atomic mass is 16.4. The number of likely N-dealkylation sites (tertiary alicyclic amines) is 1. The van der Waals surface area contributed by atoms with Gasteiger partial charge in [0.15, 0.2) is 0 Å². The van der Waals surface area contributed by atoms with Crippen molar-refractivity contribution < 1.29 is 15.0 Å². The first kappa shape index (κ1) is 10.5. The van der Waals surface area contributed by atoms with Gasteiger partial charge in [0.2, 0.25) is 0 Å². The lowest BCUT2D eigenvalue weighted by Crippen LogP contribution is -2.43. The van der Waals surface area contributed by atoms with Crippen molar-refractivity contribution in [3.05, 3.63) is 0 Å². The van der Waals surface area contributed by atoms with Gasteiger partial charge in [0, 0.05) is 6.54 Å². The van der Waals surface area contributed by atoms with Gasteiger partial charge in [-0.05, 0) is 32.9 Å². The highest BCUT2D eigenvalue weighted by Crippen LogP contribution is 2.30. The minimum absolute atomic E-state index is 0.157. The molecule has 0 aromatic rings. The molecule has 1 fully saturated rings. The van der Waals surface area contributed by atoms with Crippen LogP contribution in [0.3, 0.4) is 0 Å². The van der Waals surface area contributed by atoms with Crippen LogP contribution in [0.4, 0.5) is 0 Å². The standard InChI is InChI=1S/C9H17NO3/c1-9(8(12)13)2-4-10(5-3-9)6-7-11/h11H,2-7H2,1H3,(H,12,13). The van der Waals surface area contributed by atoms with Crippen molar-refractivity contribution in [3.8, 4) is 0 Å². The Bertz CT molecular complexity index is 185. The van der Waals surface area contributed by atoms with E-state index >= 15 is 0 Å². The largest absolute Gasteiger partial charge is 0.481 e. The predicted molar refractivity (Wildman–Crippen MR) is 48.5 cm³/mol. The summed E-state index contributed by atoms with van der Waals surface area (Å²) in [6, 6.07) is 0. The van der Waals surface area contributed by atoms with Crippen molar-refractivity contribution in [1.29, 1.82) is 0 Å². The van der Waals surface area contributed by atoms with Gasteiger partial charge in [0.1, 0.15) is 0 Å². The van der Waals surface area contributed by atoms with Crippen LogP contribution in [0.1, 0.15) is 19.8 Å². The van der Waals surface area contributed by atoms with E-state index in [-0.39, 0.29) is 6.61 Å². The quantitative estimate of drug-likeness (QED) is 0.661. The summed E-state index contributed by atoms with van der Waals surface area (Å²) in [7, 11) is 0. The summed E-state index contributed by atoms with van der Waals surface area (Å²) in [5, 5.41) is 17.6. The van der Waals surface area contributed by atoms with Crippen LogP contribution in [0.5, 0.6) is 0 Å². The van der Waals surface area contributed by atoms with E-state index in [1.807, 2.05) is 0 Å². The molecule has 0 amide bonds. The molecule has 0 unspecified atom stereocenters. The Morgan fingerprint density at radius 2 is 2.00 bits per heavy atom. The summed E-state index contributed by atoms with van der Waals surface area (Å²) in [5.41, 5.74) is -0.550. The van der Waals surface area contributed by atoms with Gasteiger partial charge in [0.25, 0.3) is 0 Å². The van der Waals surface area contributed by atoms with Crippen LogP contribution in [0.2, 0.25) is 0 Å². The maximum Gasteiger partial charge on any atom is 0.309 e. The van der Waals surface area contributed by atoms with Crippen LogP contribution < -0.4 is 0 Å². The summed E-state index contributed by atoms with van der Waals surface area (Å²) < 4.78 is 0. The molecule has 0 radical (unpaired) electrons. The Morgan fingerprint density at radius 3 is 2.38 bits per heavy atom.